The van der Waals surface area contributed by atoms with Crippen LogP contribution in [-0.4, -0.2) is 0 Å². The molecule has 0 aliphatic heterocycles. The van der Waals surface area contributed by atoms with Gasteiger partial charge in [-0.25, -0.2) is 4.57 Å². The molecule has 0 amide bonds. The summed E-state index contributed by atoms with van der Waals surface area (Å²) in [6, 6.07) is 5.57. The fourth-order valence-electron chi connectivity index (χ4n) is 0.720. The molecule has 1 aromatic rings. The largest absolute Gasteiger partial charge is 0.406 e. The number of aryl methyl sites for hydroxylation is 1. The SMILES string of the molecule is Cc1ccc(OP=O)c(Br)c1. The third kappa shape index (κ3) is 2.28. The quantitative estimate of drug-likeness (QED) is 0.732. The van der Waals surface area contributed by atoms with E-state index in [9.17, 15) is 4.57 Å². The maximum absolute atomic E-state index is 10.1. The second kappa shape index (κ2) is 3.84. The van der Waals surface area contributed by atoms with E-state index in [2.05, 4.69) is 15.9 Å². The summed E-state index contributed by atoms with van der Waals surface area (Å²) in [6.45, 7) is 1.98. The van der Waals surface area contributed by atoms with Crippen LogP contribution in [0.4, 0.5) is 0 Å². The summed E-state index contributed by atoms with van der Waals surface area (Å²) in [4.78, 5) is 0. The molecule has 0 aliphatic carbocycles. The number of halogens is 1. The van der Waals surface area contributed by atoms with Crippen molar-refractivity contribution >= 4 is 24.6 Å². The van der Waals surface area contributed by atoms with E-state index in [1.165, 1.54) is 0 Å². The fraction of sp³-hybridized carbons (Fsp3) is 0.143. The number of benzene rings is 1. The van der Waals surface area contributed by atoms with Gasteiger partial charge in [0.2, 0.25) is 0 Å². The van der Waals surface area contributed by atoms with Gasteiger partial charge in [0.15, 0.2) is 0 Å². The van der Waals surface area contributed by atoms with Crippen molar-refractivity contribution in [3.05, 3.63) is 28.2 Å². The minimum absolute atomic E-state index is 0.328. The first kappa shape index (κ1) is 8.69. The normalized spacial score (nSPS) is 10.0. The Labute approximate surface area is 75.0 Å². The minimum atomic E-state index is -0.328. The Kier molecular flexibility index (Phi) is 3.03. The average molecular weight is 233 g/mol. The fourth-order valence-corrected chi connectivity index (χ4v) is 1.66. The molecule has 0 saturated heterocycles. The highest BCUT2D eigenvalue weighted by molar-refractivity contribution is 9.10. The third-order valence-corrected chi connectivity index (χ3v) is 2.11. The van der Waals surface area contributed by atoms with Crippen molar-refractivity contribution in [2.45, 2.75) is 6.92 Å². The topological polar surface area (TPSA) is 26.3 Å². The zero-order valence-corrected chi connectivity index (χ0v) is 8.35. The average Bonchev–Trinajstić information content (AvgIpc) is 1.95. The Balaban J connectivity index is 2.98. The molecule has 0 heterocycles. The Hall–Kier alpha value is -0.400. The van der Waals surface area contributed by atoms with E-state index >= 15 is 0 Å². The summed E-state index contributed by atoms with van der Waals surface area (Å²) in [5.74, 6) is 0.590. The van der Waals surface area contributed by atoms with Gasteiger partial charge in [-0.2, -0.15) is 0 Å². The van der Waals surface area contributed by atoms with E-state index in [0.29, 0.717) is 5.75 Å². The molecule has 0 unspecified atom stereocenters. The molecule has 0 radical (unpaired) electrons. The summed E-state index contributed by atoms with van der Waals surface area (Å²) < 4.78 is 15.6. The van der Waals surface area contributed by atoms with E-state index < -0.39 is 0 Å². The minimum Gasteiger partial charge on any atom is -0.406 e. The molecule has 1 rings (SSSR count). The monoisotopic (exact) mass is 232 g/mol. The molecule has 0 fully saturated rings. The molecule has 1 aromatic carbocycles. The lowest BCUT2D eigenvalue weighted by atomic mass is 10.2. The highest BCUT2D eigenvalue weighted by Gasteiger charge is 1.99. The van der Waals surface area contributed by atoms with Gasteiger partial charge in [-0.1, -0.05) is 6.07 Å². The lowest BCUT2D eigenvalue weighted by molar-refractivity contribution is 0.523. The summed E-state index contributed by atoms with van der Waals surface area (Å²) in [7, 11) is -0.328. The van der Waals surface area contributed by atoms with Crippen LogP contribution in [0.1, 0.15) is 5.56 Å². The van der Waals surface area contributed by atoms with Crippen molar-refractivity contribution in [2.24, 2.45) is 0 Å². The molecule has 4 heteroatoms. The molecule has 0 N–H and O–H groups in total. The molecule has 0 spiro atoms. The van der Waals surface area contributed by atoms with Crippen molar-refractivity contribution in [1.29, 1.82) is 0 Å². The van der Waals surface area contributed by atoms with Gasteiger partial charge >= 0.3 is 8.69 Å². The Morgan fingerprint density at radius 2 is 2.27 bits per heavy atom. The Morgan fingerprint density at radius 1 is 1.55 bits per heavy atom. The lowest BCUT2D eigenvalue weighted by Gasteiger charge is -1.99. The van der Waals surface area contributed by atoms with Gasteiger partial charge in [0.05, 0.1) is 4.47 Å². The maximum atomic E-state index is 10.1. The first-order chi connectivity index (χ1) is 5.24. The molecular formula is C7H6BrO2P. The van der Waals surface area contributed by atoms with Crippen LogP contribution >= 0.6 is 24.6 Å². The molecule has 0 aliphatic rings. The standard InChI is InChI=1S/C7H6BrO2P/c1-5-2-3-7(10-11-9)6(8)4-5/h2-4H,1H3. The van der Waals surface area contributed by atoms with Crippen LogP contribution in [0.5, 0.6) is 5.75 Å². The van der Waals surface area contributed by atoms with Gasteiger partial charge in [-0.05, 0) is 40.5 Å². The number of hydrogen-bond acceptors (Lipinski definition) is 2. The van der Waals surface area contributed by atoms with Crippen molar-refractivity contribution < 1.29 is 9.09 Å². The van der Waals surface area contributed by atoms with Crippen molar-refractivity contribution in [3.8, 4) is 5.75 Å². The van der Waals surface area contributed by atoms with Gasteiger partial charge in [0, 0.05) is 0 Å². The predicted molar refractivity (Wildman–Crippen MR) is 47.1 cm³/mol. The first-order valence-electron chi connectivity index (χ1n) is 3.00. The van der Waals surface area contributed by atoms with E-state index in [0.717, 1.165) is 10.0 Å². The van der Waals surface area contributed by atoms with Crippen molar-refractivity contribution in [3.63, 3.8) is 0 Å². The number of rotatable bonds is 2. The zero-order chi connectivity index (χ0) is 8.27. The van der Waals surface area contributed by atoms with E-state index in [1.807, 2.05) is 19.1 Å². The van der Waals surface area contributed by atoms with Crippen LogP contribution in [0.25, 0.3) is 0 Å². The second-order valence-electron chi connectivity index (χ2n) is 2.10. The smallest absolute Gasteiger partial charge is 0.395 e. The van der Waals surface area contributed by atoms with Crippen molar-refractivity contribution in [2.75, 3.05) is 0 Å². The van der Waals surface area contributed by atoms with Crippen LogP contribution in [0, 0.1) is 6.92 Å². The predicted octanol–water partition coefficient (Wildman–Crippen LogP) is 3.34. The first-order valence-corrected chi connectivity index (χ1v) is 4.52. The molecule has 11 heavy (non-hydrogen) atoms. The van der Waals surface area contributed by atoms with Gasteiger partial charge in [0.25, 0.3) is 0 Å². The second-order valence-corrected chi connectivity index (χ2v) is 3.29. The molecule has 0 bridgehead atoms. The summed E-state index contributed by atoms with van der Waals surface area (Å²) in [5.41, 5.74) is 1.13. The summed E-state index contributed by atoms with van der Waals surface area (Å²) in [5, 5.41) is 0. The maximum Gasteiger partial charge on any atom is 0.395 e. The zero-order valence-electron chi connectivity index (χ0n) is 5.87. The highest BCUT2D eigenvalue weighted by atomic mass is 79.9. The lowest BCUT2D eigenvalue weighted by Crippen LogP contribution is -1.78. The molecule has 0 aromatic heterocycles. The van der Waals surface area contributed by atoms with Crippen LogP contribution < -0.4 is 4.52 Å². The summed E-state index contributed by atoms with van der Waals surface area (Å²) in [6.07, 6.45) is 0. The molecule has 0 saturated carbocycles. The number of hydrogen-bond donors (Lipinski definition) is 0. The molecule has 0 atom stereocenters. The molecule has 2 nitrogen and oxygen atoms in total. The molecular weight excluding hydrogens is 227 g/mol. The van der Waals surface area contributed by atoms with Crippen LogP contribution in [0.2, 0.25) is 0 Å². The van der Waals surface area contributed by atoms with Gasteiger partial charge in [0.1, 0.15) is 5.75 Å². The third-order valence-electron chi connectivity index (χ3n) is 1.22. The van der Waals surface area contributed by atoms with Crippen molar-refractivity contribution in [1.82, 2.24) is 0 Å². The highest BCUT2D eigenvalue weighted by Crippen LogP contribution is 2.27. The van der Waals surface area contributed by atoms with E-state index in [4.69, 9.17) is 4.52 Å². The van der Waals surface area contributed by atoms with E-state index in [1.54, 1.807) is 6.07 Å². The Bertz CT molecular complexity index is 275. The van der Waals surface area contributed by atoms with Gasteiger partial charge < -0.3 is 4.52 Å². The van der Waals surface area contributed by atoms with Crippen LogP contribution in [0.15, 0.2) is 22.7 Å². The summed E-state index contributed by atoms with van der Waals surface area (Å²) >= 11 is 3.28. The van der Waals surface area contributed by atoms with E-state index in [-0.39, 0.29) is 8.69 Å². The van der Waals surface area contributed by atoms with Gasteiger partial charge in [-0.15, -0.1) is 0 Å². The molecule has 58 valence electrons. The Morgan fingerprint density at radius 3 is 2.82 bits per heavy atom. The van der Waals surface area contributed by atoms with Gasteiger partial charge in [-0.3, -0.25) is 0 Å². The van der Waals surface area contributed by atoms with Crippen LogP contribution in [0.3, 0.4) is 0 Å². The van der Waals surface area contributed by atoms with Crippen LogP contribution in [-0.2, 0) is 4.57 Å².